The number of quaternary nitrogens is 1. The first-order valence-electron chi connectivity index (χ1n) is 8.20. The molecule has 0 saturated carbocycles. The van der Waals surface area contributed by atoms with Gasteiger partial charge in [0.1, 0.15) is 12.6 Å². The molecule has 2 atom stereocenters. The Morgan fingerprint density at radius 1 is 0.913 bits per heavy atom. The van der Waals surface area contributed by atoms with Gasteiger partial charge in [-0.1, -0.05) is 60.7 Å². The second kappa shape index (κ2) is 6.83. The molecule has 1 aliphatic heterocycles. The SMILES string of the molecule is C[N+](C)(C)C[C@H]1CO[C@H](C(c2ccccc2)c2ccccc2)O1. The molecule has 23 heavy (non-hydrogen) atoms. The van der Waals surface area contributed by atoms with E-state index in [1.54, 1.807) is 0 Å². The highest BCUT2D eigenvalue weighted by Gasteiger charge is 2.36. The second-order valence-electron chi connectivity index (χ2n) is 7.23. The van der Waals surface area contributed by atoms with Crippen LogP contribution in [-0.4, -0.2) is 51.2 Å². The van der Waals surface area contributed by atoms with E-state index in [2.05, 4.69) is 69.7 Å². The van der Waals surface area contributed by atoms with Crippen LogP contribution in [0.5, 0.6) is 0 Å². The molecule has 3 rings (SSSR count). The van der Waals surface area contributed by atoms with Crippen molar-refractivity contribution >= 4 is 0 Å². The molecule has 3 nitrogen and oxygen atoms in total. The van der Waals surface area contributed by atoms with Gasteiger partial charge in [-0.15, -0.1) is 0 Å². The summed E-state index contributed by atoms with van der Waals surface area (Å²) in [6.07, 6.45) is -0.0775. The van der Waals surface area contributed by atoms with Gasteiger partial charge in [0.25, 0.3) is 0 Å². The summed E-state index contributed by atoms with van der Waals surface area (Å²) in [4.78, 5) is 0. The van der Waals surface area contributed by atoms with E-state index in [4.69, 9.17) is 9.47 Å². The van der Waals surface area contributed by atoms with Crippen LogP contribution in [0.2, 0.25) is 0 Å². The minimum atomic E-state index is -0.226. The van der Waals surface area contributed by atoms with Gasteiger partial charge < -0.3 is 14.0 Å². The van der Waals surface area contributed by atoms with Crippen molar-refractivity contribution in [1.82, 2.24) is 0 Å². The Morgan fingerprint density at radius 2 is 1.43 bits per heavy atom. The maximum atomic E-state index is 6.27. The number of ether oxygens (including phenoxy) is 2. The molecule has 3 heteroatoms. The number of benzene rings is 2. The average Bonchev–Trinajstić information content (AvgIpc) is 2.96. The van der Waals surface area contributed by atoms with Gasteiger partial charge in [0.05, 0.1) is 33.7 Å². The van der Waals surface area contributed by atoms with E-state index >= 15 is 0 Å². The Hall–Kier alpha value is -1.68. The molecule has 0 radical (unpaired) electrons. The first-order chi connectivity index (χ1) is 11.0. The largest absolute Gasteiger partial charge is 0.349 e. The van der Waals surface area contributed by atoms with Crippen molar-refractivity contribution in [2.45, 2.75) is 18.3 Å². The quantitative estimate of drug-likeness (QED) is 0.789. The zero-order valence-electron chi connectivity index (χ0n) is 14.2. The highest BCUT2D eigenvalue weighted by atomic mass is 16.7. The molecule has 2 aromatic carbocycles. The Labute approximate surface area is 139 Å². The summed E-state index contributed by atoms with van der Waals surface area (Å²) in [6, 6.07) is 21.0. The lowest BCUT2D eigenvalue weighted by atomic mass is 9.91. The molecule has 0 N–H and O–H groups in total. The van der Waals surface area contributed by atoms with E-state index in [0.29, 0.717) is 6.61 Å². The van der Waals surface area contributed by atoms with Crippen molar-refractivity contribution in [2.24, 2.45) is 0 Å². The van der Waals surface area contributed by atoms with Gasteiger partial charge in [-0.25, -0.2) is 0 Å². The fourth-order valence-corrected chi connectivity index (χ4v) is 3.18. The molecule has 2 aromatic rings. The number of hydrogen-bond donors (Lipinski definition) is 0. The highest BCUT2D eigenvalue weighted by Crippen LogP contribution is 2.33. The molecule has 0 unspecified atom stereocenters. The van der Waals surface area contributed by atoms with Gasteiger partial charge in [-0.2, -0.15) is 0 Å². The van der Waals surface area contributed by atoms with Crippen LogP contribution in [0.4, 0.5) is 0 Å². The molecule has 0 aliphatic carbocycles. The monoisotopic (exact) mass is 312 g/mol. The Morgan fingerprint density at radius 3 is 1.91 bits per heavy atom. The van der Waals surface area contributed by atoms with E-state index in [0.717, 1.165) is 11.0 Å². The topological polar surface area (TPSA) is 18.5 Å². The van der Waals surface area contributed by atoms with Crippen LogP contribution >= 0.6 is 0 Å². The van der Waals surface area contributed by atoms with Gasteiger partial charge in [0.15, 0.2) is 6.29 Å². The Kier molecular flexibility index (Phi) is 4.81. The zero-order chi connectivity index (χ0) is 16.3. The molecule has 1 saturated heterocycles. The van der Waals surface area contributed by atoms with Crippen molar-refractivity contribution in [2.75, 3.05) is 34.3 Å². The fourth-order valence-electron chi connectivity index (χ4n) is 3.18. The predicted octanol–water partition coefficient (Wildman–Crippen LogP) is 3.27. The van der Waals surface area contributed by atoms with Crippen LogP contribution in [0.3, 0.4) is 0 Å². The molecule has 0 spiro atoms. The van der Waals surface area contributed by atoms with Gasteiger partial charge in [0, 0.05) is 0 Å². The maximum absolute atomic E-state index is 6.27. The second-order valence-corrected chi connectivity index (χ2v) is 7.23. The molecule has 1 fully saturated rings. The van der Waals surface area contributed by atoms with Gasteiger partial charge in [-0.3, -0.25) is 0 Å². The van der Waals surface area contributed by atoms with Crippen molar-refractivity contribution < 1.29 is 14.0 Å². The lowest BCUT2D eigenvalue weighted by molar-refractivity contribution is -0.873. The number of likely N-dealkylation sites (N-methyl/N-ethyl adjacent to an activating group) is 1. The smallest absolute Gasteiger partial charge is 0.169 e. The Balaban J connectivity index is 1.83. The first-order valence-corrected chi connectivity index (χ1v) is 8.20. The highest BCUT2D eigenvalue weighted by molar-refractivity contribution is 5.33. The van der Waals surface area contributed by atoms with Gasteiger partial charge in [0.2, 0.25) is 0 Å². The molecule has 122 valence electrons. The van der Waals surface area contributed by atoms with E-state index in [-0.39, 0.29) is 18.3 Å². The minimum absolute atomic E-state index is 0.106. The van der Waals surface area contributed by atoms with Gasteiger partial charge in [-0.05, 0) is 11.1 Å². The maximum Gasteiger partial charge on any atom is 0.169 e. The average molecular weight is 312 g/mol. The fraction of sp³-hybridized carbons (Fsp3) is 0.400. The summed E-state index contributed by atoms with van der Waals surface area (Å²) in [5, 5.41) is 0. The molecule has 0 aromatic heterocycles. The standard InChI is InChI=1S/C20H26NO2/c1-21(2,3)14-18-15-22-20(23-18)19(16-10-6-4-7-11-16)17-12-8-5-9-13-17/h4-13,18-20H,14-15H2,1-3H3/q+1/t18-,20-/m0/s1. The van der Waals surface area contributed by atoms with Crippen LogP contribution in [0.15, 0.2) is 60.7 Å². The van der Waals surface area contributed by atoms with E-state index in [9.17, 15) is 0 Å². The number of rotatable bonds is 5. The molecule has 0 amide bonds. The third-order valence-electron chi connectivity index (χ3n) is 4.11. The lowest BCUT2D eigenvalue weighted by Crippen LogP contribution is -2.42. The number of hydrogen-bond acceptors (Lipinski definition) is 2. The summed E-state index contributed by atoms with van der Waals surface area (Å²) in [6.45, 7) is 1.61. The van der Waals surface area contributed by atoms with Crippen LogP contribution in [0, 0.1) is 0 Å². The minimum Gasteiger partial charge on any atom is -0.349 e. The van der Waals surface area contributed by atoms with Crippen molar-refractivity contribution in [1.29, 1.82) is 0 Å². The lowest BCUT2D eigenvalue weighted by Gasteiger charge is -2.27. The van der Waals surface area contributed by atoms with Gasteiger partial charge >= 0.3 is 0 Å². The van der Waals surface area contributed by atoms with Crippen LogP contribution < -0.4 is 0 Å². The third kappa shape index (κ3) is 4.20. The van der Waals surface area contributed by atoms with E-state index in [1.165, 1.54) is 11.1 Å². The molecule has 0 bridgehead atoms. The van der Waals surface area contributed by atoms with E-state index < -0.39 is 0 Å². The van der Waals surface area contributed by atoms with E-state index in [1.807, 2.05) is 12.1 Å². The van der Waals surface area contributed by atoms with Crippen molar-refractivity contribution in [3.8, 4) is 0 Å². The normalized spacial score (nSPS) is 21.7. The van der Waals surface area contributed by atoms with Crippen LogP contribution in [-0.2, 0) is 9.47 Å². The summed E-state index contributed by atoms with van der Waals surface area (Å²) in [7, 11) is 6.55. The number of nitrogens with zero attached hydrogens (tertiary/aromatic N) is 1. The molecule has 1 aliphatic rings. The summed E-state index contributed by atoms with van der Waals surface area (Å²) >= 11 is 0. The first kappa shape index (κ1) is 16.2. The predicted molar refractivity (Wildman–Crippen MR) is 92.2 cm³/mol. The van der Waals surface area contributed by atoms with Crippen LogP contribution in [0.1, 0.15) is 17.0 Å². The zero-order valence-corrected chi connectivity index (χ0v) is 14.2. The summed E-state index contributed by atoms with van der Waals surface area (Å²) < 4.78 is 13.2. The Bertz CT molecular complexity index is 567. The molecular formula is C20H26NO2+. The third-order valence-corrected chi connectivity index (χ3v) is 4.11. The van der Waals surface area contributed by atoms with Crippen LogP contribution in [0.25, 0.3) is 0 Å². The molecule has 1 heterocycles. The van der Waals surface area contributed by atoms with Crippen molar-refractivity contribution in [3.05, 3.63) is 71.8 Å². The summed E-state index contributed by atoms with van der Waals surface area (Å²) in [5.74, 6) is 0.106. The molecular weight excluding hydrogens is 286 g/mol. The van der Waals surface area contributed by atoms with Crippen molar-refractivity contribution in [3.63, 3.8) is 0 Å². The summed E-state index contributed by atoms with van der Waals surface area (Å²) in [5.41, 5.74) is 2.46.